The van der Waals surface area contributed by atoms with Gasteiger partial charge in [0, 0.05) is 54.6 Å². The molecule has 1 aromatic heterocycles. The Labute approximate surface area is 391 Å². The highest BCUT2D eigenvalue weighted by Crippen LogP contribution is 2.66. The van der Waals surface area contributed by atoms with Crippen LogP contribution in [0.3, 0.4) is 0 Å². The summed E-state index contributed by atoms with van der Waals surface area (Å²) in [7, 11) is 6.58. The van der Waals surface area contributed by atoms with Crippen molar-refractivity contribution < 1.29 is 46.9 Å². The Kier molecular flexibility index (Phi) is 11.5. The third-order valence-electron chi connectivity index (χ3n) is 13.1. The molecular formula is C48H40Cl2F3N7O7. The SMILES string of the molecule is COc1cc(O)cc(OC)c1[C@H]1C2=CC[C@@H]3C(=O)N(c4ccc(N=Nc5ccc(N(C)C)cc5)cc4)C(=O)[C@@H]3[C@@H]2C[C@H]2C(=O)N(Nc3ncc(C(F)(F)F)cc3Cl)C(=O)[C@@]12c1ccc(Cl)cc1. The molecule has 344 valence electrons. The second-order valence-electron chi connectivity index (χ2n) is 16.8. The topological polar surface area (TPSA) is 166 Å². The molecule has 14 nitrogen and oxygen atoms in total. The average Bonchev–Trinajstić information content (AvgIpc) is 3.69. The fraction of sp³-hybridized carbons (Fsp3) is 0.271. The van der Waals surface area contributed by atoms with E-state index in [4.69, 9.17) is 32.7 Å². The van der Waals surface area contributed by atoms with Gasteiger partial charge < -0.3 is 19.5 Å². The Hall–Kier alpha value is -6.98. The molecule has 6 atom stereocenters. The van der Waals surface area contributed by atoms with E-state index < -0.39 is 81.2 Å². The number of benzene rings is 4. The van der Waals surface area contributed by atoms with Gasteiger partial charge in [0.25, 0.3) is 11.8 Å². The lowest BCUT2D eigenvalue weighted by atomic mass is 9.49. The Bertz CT molecular complexity index is 2870. The number of aromatic hydroxyl groups is 1. The van der Waals surface area contributed by atoms with Gasteiger partial charge in [-0.1, -0.05) is 47.0 Å². The molecule has 4 amide bonds. The van der Waals surface area contributed by atoms with Gasteiger partial charge in [0.1, 0.15) is 17.2 Å². The molecule has 1 saturated carbocycles. The smallest absolute Gasteiger partial charge is 0.417 e. The number of methoxy groups -OCH3 is 2. The summed E-state index contributed by atoms with van der Waals surface area (Å²) >= 11 is 12.7. The summed E-state index contributed by atoms with van der Waals surface area (Å²) in [5.41, 5.74) is 3.06. The number of pyridine rings is 1. The number of phenolic OH excluding ortho intramolecular Hbond substituents is 1. The molecule has 2 aliphatic heterocycles. The van der Waals surface area contributed by atoms with E-state index in [2.05, 4.69) is 20.6 Å². The van der Waals surface area contributed by atoms with Crippen molar-refractivity contribution in [2.75, 3.05) is 43.5 Å². The minimum Gasteiger partial charge on any atom is -0.508 e. The van der Waals surface area contributed by atoms with Crippen LogP contribution >= 0.6 is 23.2 Å². The van der Waals surface area contributed by atoms with E-state index in [9.17, 15) is 27.9 Å². The number of carbonyl (C=O) groups excluding carboxylic acids is 4. The normalized spacial score (nSPS) is 23.5. The fourth-order valence-electron chi connectivity index (χ4n) is 10.2. The zero-order chi connectivity index (χ0) is 47.7. The maximum Gasteiger partial charge on any atom is 0.417 e. The van der Waals surface area contributed by atoms with Crippen LogP contribution in [0.1, 0.15) is 35.4 Å². The zero-order valence-electron chi connectivity index (χ0n) is 36.1. The first-order chi connectivity index (χ1) is 32.0. The summed E-state index contributed by atoms with van der Waals surface area (Å²) in [5, 5.41) is 20.0. The summed E-state index contributed by atoms with van der Waals surface area (Å²) < 4.78 is 52.7. The number of rotatable bonds is 10. The number of hydrogen-bond acceptors (Lipinski definition) is 12. The lowest BCUT2D eigenvalue weighted by Gasteiger charge is -2.51. The van der Waals surface area contributed by atoms with Gasteiger partial charge in [-0.15, -0.1) is 0 Å². The number of imide groups is 2. The summed E-state index contributed by atoms with van der Waals surface area (Å²) in [6, 6.07) is 23.6. The molecule has 2 N–H and O–H groups in total. The van der Waals surface area contributed by atoms with Crippen molar-refractivity contribution in [1.82, 2.24) is 9.99 Å². The van der Waals surface area contributed by atoms with Gasteiger partial charge in [-0.2, -0.15) is 28.4 Å². The van der Waals surface area contributed by atoms with Crippen molar-refractivity contribution in [1.29, 1.82) is 0 Å². The van der Waals surface area contributed by atoms with Gasteiger partial charge in [-0.05, 0) is 91.1 Å². The average molecular weight is 955 g/mol. The third kappa shape index (κ3) is 7.49. The standard InChI is InChI=1S/C48H40Cl2F3N7O7/c1-58(2)29-13-9-27(10-14-29)55-56-28-11-15-30(16-12-28)59-43(62)33-18-17-32-34(39(33)45(59)64)22-35-44(63)60(57-42-36(50)19-25(23-54-42)48(51,52)53)46(65)47(35,24-5-7-26(49)8-6-24)41(32)40-37(66-3)20-31(61)21-38(40)67-4/h5-17,19-21,23,33-35,39,41,61H,18,22H2,1-4H3,(H,54,57)/t33-,34+,35-,39-,41+,47+/m0/s1. The molecule has 5 aromatic rings. The van der Waals surface area contributed by atoms with Gasteiger partial charge in [-0.3, -0.25) is 29.5 Å². The maximum absolute atomic E-state index is 15.7. The largest absolute Gasteiger partial charge is 0.508 e. The number of nitrogens with zero attached hydrogens (tertiary/aromatic N) is 6. The predicted molar refractivity (Wildman–Crippen MR) is 242 cm³/mol. The maximum atomic E-state index is 15.7. The molecule has 2 aliphatic carbocycles. The number of fused-ring (bicyclic) bond motifs is 4. The fourth-order valence-corrected chi connectivity index (χ4v) is 10.5. The number of hydrazine groups is 1. The van der Waals surface area contributed by atoms with Crippen LogP contribution in [0, 0.1) is 23.7 Å². The second kappa shape index (κ2) is 17.0. The number of allylic oxidation sites excluding steroid dienone is 2. The molecule has 4 aliphatic rings. The van der Waals surface area contributed by atoms with Crippen LogP contribution in [0.4, 0.5) is 41.7 Å². The summed E-state index contributed by atoms with van der Waals surface area (Å²) in [4.78, 5) is 67.1. The molecule has 0 spiro atoms. The second-order valence-corrected chi connectivity index (χ2v) is 17.7. The first kappa shape index (κ1) is 45.2. The Morgan fingerprint density at radius 2 is 1.45 bits per heavy atom. The van der Waals surface area contributed by atoms with Crippen LogP contribution < -0.4 is 24.7 Å². The van der Waals surface area contributed by atoms with Crippen molar-refractivity contribution in [2.24, 2.45) is 33.9 Å². The molecule has 9 rings (SSSR count). The van der Waals surface area contributed by atoms with Crippen LogP contribution in [0.15, 0.2) is 119 Å². The summed E-state index contributed by atoms with van der Waals surface area (Å²) in [6.07, 6.45) is -2.50. The number of amides is 4. The molecule has 0 bridgehead atoms. The number of nitrogens with one attached hydrogen (secondary N) is 1. The van der Waals surface area contributed by atoms with Crippen molar-refractivity contribution in [2.45, 2.75) is 30.4 Å². The van der Waals surface area contributed by atoms with E-state index in [0.29, 0.717) is 50.5 Å². The van der Waals surface area contributed by atoms with E-state index in [0.717, 1.165) is 10.6 Å². The van der Waals surface area contributed by atoms with E-state index in [1.54, 1.807) is 48.5 Å². The summed E-state index contributed by atoms with van der Waals surface area (Å²) in [5.74, 6) is -8.31. The molecule has 3 heterocycles. The first-order valence-electron chi connectivity index (χ1n) is 20.9. The van der Waals surface area contributed by atoms with Crippen LogP contribution in [0.25, 0.3) is 0 Å². The number of alkyl halides is 3. The van der Waals surface area contributed by atoms with Crippen LogP contribution in [-0.4, -0.2) is 67.0 Å². The van der Waals surface area contributed by atoms with Crippen LogP contribution in [0.2, 0.25) is 10.0 Å². The lowest BCUT2D eigenvalue weighted by molar-refractivity contribution is -0.139. The van der Waals surface area contributed by atoms with Crippen LogP contribution in [-0.2, 0) is 30.8 Å². The zero-order valence-corrected chi connectivity index (χ0v) is 37.6. The minimum absolute atomic E-state index is 0.0756. The van der Waals surface area contributed by atoms with Crippen molar-refractivity contribution in [3.05, 3.63) is 136 Å². The highest BCUT2D eigenvalue weighted by Gasteiger charge is 2.71. The van der Waals surface area contributed by atoms with Crippen LogP contribution in [0.5, 0.6) is 17.2 Å². The molecule has 3 fully saturated rings. The molecule has 2 saturated heterocycles. The number of phenols is 1. The van der Waals surface area contributed by atoms with Crippen molar-refractivity contribution in [3.63, 3.8) is 0 Å². The van der Waals surface area contributed by atoms with Gasteiger partial charge in [-0.25, -0.2) is 4.98 Å². The lowest BCUT2D eigenvalue weighted by Crippen LogP contribution is -2.53. The Balaban J connectivity index is 1.15. The molecule has 0 radical (unpaired) electrons. The third-order valence-corrected chi connectivity index (χ3v) is 13.7. The van der Waals surface area contributed by atoms with E-state index in [1.807, 2.05) is 49.3 Å². The number of aromatic nitrogens is 1. The van der Waals surface area contributed by atoms with Gasteiger partial charge in [0.2, 0.25) is 11.8 Å². The quantitative estimate of drug-likeness (QED) is 0.0782. The first-order valence-corrected chi connectivity index (χ1v) is 21.7. The Morgan fingerprint density at radius 3 is 2.01 bits per heavy atom. The number of hydrogen-bond donors (Lipinski definition) is 2. The number of carbonyl (C=O) groups is 4. The summed E-state index contributed by atoms with van der Waals surface area (Å²) in [6.45, 7) is 0. The Morgan fingerprint density at radius 1 is 0.836 bits per heavy atom. The van der Waals surface area contributed by atoms with E-state index in [-0.39, 0.29) is 35.7 Å². The molecule has 4 aromatic carbocycles. The predicted octanol–water partition coefficient (Wildman–Crippen LogP) is 9.80. The van der Waals surface area contributed by atoms with E-state index in [1.165, 1.54) is 26.4 Å². The van der Waals surface area contributed by atoms with Gasteiger partial charge >= 0.3 is 6.18 Å². The van der Waals surface area contributed by atoms with Crippen molar-refractivity contribution in [3.8, 4) is 17.2 Å². The monoisotopic (exact) mass is 953 g/mol. The van der Waals surface area contributed by atoms with E-state index >= 15 is 9.59 Å². The number of azo groups is 1. The van der Waals surface area contributed by atoms with Gasteiger partial charge in [0.05, 0.1) is 65.0 Å². The van der Waals surface area contributed by atoms with Gasteiger partial charge in [0.15, 0.2) is 5.82 Å². The highest BCUT2D eigenvalue weighted by atomic mass is 35.5. The minimum atomic E-state index is -4.79. The number of anilines is 3. The number of halogens is 5. The highest BCUT2D eigenvalue weighted by molar-refractivity contribution is 6.33. The molecular weight excluding hydrogens is 914 g/mol. The van der Waals surface area contributed by atoms with Crippen molar-refractivity contribution >= 4 is 75.4 Å². The number of ether oxygens (including phenoxy) is 2. The molecule has 67 heavy (non-hydrogen) atoms. The molecule has 19 heteroatoms. The molecule has 0 unspecified atom stereocenters.